The molecular formula is C13H18O2S. The van der Waals surface area contributed by atoms with Crippen molar-refractivity contribution in [2.45, 2.75) is 32.1 Å². The Morgan fingerprint density at radius 1 is 1.44 bits per heavy atom. The van der Waals surface area contributed by atoms with Crippen LogP contribution >= 0.6 is 11.3 Å². The maximum Gasteiger partial charge on any atom is 0.136 e. The van der Waals surface area contributed by atoms with E-state index in [1.165, 1.54) is 4.88 Å². The van der Waals surface area contributed by atoms with Crippen LogP contribution < -0.4 is 0 Å². The molecule has 1 unspecified atom stereocenters. The van der Waals surface area contributed by atoms with E-state index >= 15 is 0 Å². The van der Waals surface area contributed by atoms with Gasteiger partial charge >= 0.3 is 0 Å². The van der Waals surface area contributed by atoms with Gasteiger partial charge in [0.05, 0.1) is 6.61 Å². The Morgan fingerprint density at radius 2 is 2.38 bits per heavy atom. The van der Waals surface area contributed by atoms with E-state index in [-0.39, 0.29) is 0 Å². The number of carbonyl (C=O) groups excluding carboxylic acids is 1. The predicted octanol–water partition coefficient (Wildman–Crippen LogP) is 3.07. The number of carbonyl (C=O) groups is 1. The maximum absolute atomic E-state index is 11.4. The lowest BCUT2D eigenvalue weighted by Crippen LogP contribution is -2.10. The summed E-state index contributed by atoms with van der Waals surface area (Å²) in [7, 11) is 0. The van der Waals surface area contributed by atoms with Crippen molar-refractivity contribution in [2.24, 2.45) is 5.92 Å². The van der Waals surface area contributed by atoms with Crippen LogP contribution in [0.25, 0.3) is 0 Å². The molecule has 88 valence electrons. The van der Waals surface area contributed by atoms with Gasteiger partial charge < -0.3 is 4.74 Å². The molecule has 3 heteroatoms. The zero-order valence-corrected chi connectivity index (χ0v) is 10.3. The van der Waals surface area contributed by atoms with Gasteiger partial charge in [-0.25, -0.2) is 0 Å². The Bertz CT molecular complexity index is 319. The van der Waals surface area contributed by atoms with Gasteiger partial charge in [-0.3, -0.25) is 4.79 Å². The normalized spacial score (nSPS) is 20.5. The van der Waals surface area contributed by atoms with Crippen molar-refractivity contribution >= 4 is 17.1 Å². The van der Waals surface area contributed by atoms with Crippen molar-refractivity contribution < 1.29 is 9.53 Å². The Morgan fingerprint density at radius 3 is 3.06 bits per heavy atom. The fourth-order valence-electron chi connectivity index (χ4n) is 2.15. The standard InChI is InChI=1S/C13H18O2S/c14-13-5-1-3-11(13)6-8-15-9-7-12-4-2-10-16-12/h2,4,10-11H,1,3,5-9H2. The van der Waals surface area contributed by atoms with Crippen LogP contribution in [0.15, 0.2) is 17.5 Å². The van der Waals surface area contributed by atoms with Gasteiger partial charge in [-0.2, -0.15) is 0 Å². The molecule has 1 aromatic heterocycles. The quantitative estimate of drug-likeness (QED) is 0.712. The topological polar surface area (TPSA) is 26.3 Å². The average Bonchev–Trinajstić information content (AvgIpc) is 2.90. The van der Waals surface area contributed by atoms with E-state index in [1.807, 2.05) is 0 Å². The smallest absolute Gasteiger partial charge is 0.136 e. The number of ether oxygens (including phenoxy) is 1. The summed E-state index contributed by atoms with van der Waals surface area (Å²) >= 11 is 1.77. The molecule has 16 heavy (non-hydrogen) atoms. The molecule has 0 radical (unpaired) electrons. The zero-order chi connectivity index (χ0) is 11.2. The number of hydrogen-bond acceptors (Lipinski definition) is 3. The third kappa shape index (κ3) is 3.42. The summed E-state index contributed by atoms with van der Waals surface area (Å²) in [6.45, 7) is 1.52. The molecule has 1 fully saturated rings. The van der Waals surface area contributed by atoms with E-state index in [9.17, 15) is 4.79 Å². The van der Waals surface area contributed by atoms with E-state index in [1.54, 1.807) is 11.3 Å². The molecule has 0 bridgehead atoms. The third-order valence-corrected chi connectivity index (χ3v) is 4.05. The monoisotopic (exact) mass is 238 g/mol. The van der Waals surface area contributed by atoms with Gasteiger partial charge in [0.15, 0.2) is 0 Å². The van der Waals surface area contributed by atoms with Crippen molar-refractivity contribution in [2.75, 3.05) is 13.2 Å². The van der Waals surface area contributed by atoms with Gasteiger partial charge in [0.25, 0.3) is 0 Å². The molecule has 1 aromatic rings. The number of rotatable bonds is 6. The van der Waals surface area contributed by atoms with Crippen molar-refractivity contribution in [1.29, 1.82) is 0 Å². The second-order valence-electron chi connectivity index (χ2n) is 4.29. The zero-order valence-electron chi connectivity index (χ0n) is 9.48. The summed E-state index contributed by atoms with van der Waals surface area (Å²) in [6.07, 6.45) is 4.87. The van der Waals surface area contributed by atoms with E-state index in [4.69, 9.17) is 4.74 Å². The lowest BCUT2D eigenvalue weighted by atomic mass is 10.0. The van der Waals surface area contributed by atoms with Crippen LogP contribution in [0.5, 0.6) is 0 Å². The van der Waals surface area contributed by atoms with Crippen LogP contribution in [0.3, 0.4) is 0 Å². The second kappa shape index (κ2) is 6.16. The summed E-state index contributed by atoms with van der Waals surface area (Å²) in [5.41, 5.74) is 0. The molecular weight excluding hydrogens is 220 g/mol. The van der Waals surface area contributed by atoms with Gasteiger partial charge in [0, 0.05) is 30.2 Å². The van der Waals surface area contributed by atoms with Gasteiger partial charge in [-0.05, 0) is 30.7 Å². The lowest BCUT2D eigenvalue weighted by Gasteiger charge is -2.07. The van der Waals surface area contributed by atoms with Gasteiger partial charge in [-0.1, -0.05) is 6.07 Å². The number of Topliss-reactive ketones (excluding diaryl/α,β-unsaturated/α-hetero) is 1. The third-order valence-electron chi connectivity index (χ3n) is 3.11. The Labute approximate surface area is 101 Å². The predicted molar refractivity (Wildman–Crippen MR) is 65.8 cm³/mol. The molecule has 1 atom stereocenters. The first-order valence-electron chi connectivity index (χ1n) is 5.99. The van der Waals surface area contributed by atoms with Crippen LogP contribution in [0, 0.1) is 5.92 Å². The highest BCUT2D eigenvalue weighted by molar-refractivity contribution is 7.09. The van der Waals surface area contributed by atoms with Crippen LogP contribution in [-0.2, 0) is 16.0 Å². The minimum atomic E-state index is 0.293. The fourth-order valence-corrected chi connectivity index (χ4v) is 2.84. The number of ketones is 1. The molecule has 0 spiro atoms. The Balaban J connectivity index is 1.53. The number of thiophene rings is 1. The number of hydrogen-bond donors (Lipinski definition) is 0. The van der Waals surface area contributed by atoms with E-state index in [0.717, 1.165) is 45.3 Å². The van der Waals surface area contributed by atoms with Crippen LogP contribution in [-0.4, -0.2) is 19.0 Å². The molecule has 1 aliphatic rings. The summed E-state index contributed by atoms with van der Waals surface area (Å²) in [5, 5.41) is 2.09. The van der Waals surface area contributed by atoms with Crippen LogP contribution in [0.2, 0.25) is 0 Å². The largest absolute Gasteiger partial charge is 0.381 e. The molecule has 1 saturated carbocycles. The van der Waals surface area contributed by atoms with Crippen LogP contribution in [0.4, 0.5) is 0 Å². The summed E-state index contributed by atoms with van der Waals surface area (Å²) in [5.74, 6) is 0.739. The molecule has 0 N–H and O–H groups in total. The van der Waals surface area contributed by atoms with Crippen molar-refractivity contribution in [1.82, 2.24) is 0 Å². The first-order chi connectivity index (χ1) is 7.86. The second-order valence-corrected chi connectivity index (χ2v) is 5.32. The highest BCUT2D eigenvalue weighted by Gasteiger charge is 2.23. The van der Waals surface area contributed by atoms with Gasteiger partial charge in [-0.15, -0.1) is 11.3 Å². The fraction of sp³-hybridized carbons (Fsp3) is 0.615. The summed E-state index contributed by atoms with van der Waals surface area (Å²) in [4.78, 5) is 12.7. The van der Waals surface area contributed by atoms with Crippen molar-refractivity contribution in [3.05, 3.63) is 22.4 Å². The molecule has 2 rings (SSSR count). The molecule has 1 heterocycles. The molecule has 0 aliphatic heterocycles. The average molecular weight is 238 g/mol. The minimum Gasteiger partial charge on any atom is -0.381 e. The van der Waals surface area contributed by atoms with Crippen molar-refractivity contribution in [3.63, 3.8) is 0 Å². The molecule has 2 nitrogen and oxygen atoms in total. The molecule has 1 aliphatic carbocycles. The summed E-state index contributed by atoms with van der Waals surface area (Å²) < 4.78 is 5.57. The SMILES string of the molecule is O=C1CCCC1CCOCCc1cccs1. The van der Waals surface area contributed by atoms with E-state index in [2.05, 4.69) is 17.5 Å². The molecule has 0 aromatic carbocycles. The first kappa shape index (κ1) is 11.8. The van der Waals surface area contributed by atoms with Gasteiger partial charge in [0.2, 0.25) is 0 Å². The van der Waals surface area contributed by atoms with E-state index < -0.39 is 0 Å². The van der Waals surface area contributed by atoms with E-state index in [0.29, 0.717) is 11.7 Å². The maximum atomic E-state index is 11.4. The highest BCUT2D eigenvalue weighted by Crippen LogP contribution is 2.24. The minimum absolute atomic E-state index is 0.293. The first-order valence-corrected chi connectivity index (χ1v) is 6.87. The lowest BCUT2D eigenvalue weighted by molar-refractivity contribution is -0.121. The Kier molecular flexibility index (Phi) is 4.55. The molecule has 0 amide bonds. The summed E-state index contributed by atoms with van der Waals surface area (Å²) in [6, 6.07) is 4.20. The van der Waals surface area contributed by atoms with Crippen molar-refractivity contribution in [3.8, 4) is 0 Å². The van der Waals surface area contributed by atoms with Gasteiger partial charge in [0.1, 0.15) is 5.78 Å². The Hall–Kier alpha value is -0.670. The van der Waals surface area contributed by atoms with Crippen LogP contribution in [0.1, 0.15) is 30.6 Å². The highest BCUT2D eigenvalue weighted by atomic mass is 32.1. The molecule has 0 saturated heterocycles.